The summed E-state index contributed by atoms with van der Waals surface area (Å²) in [6.45, 7) is -0.205. The number of thiophene rings is 1. The second kappa shape index (κ2) is 6.45. The zero-order chi connectivity index (χ0) is 15.6. The van der Waals surface area contributed by atoms with Crippen molar-refractivity contribution in [3.8, 4) is 0 Å². The lowest BCUT2D eigenvalue weighted by atomic mass is 10.5. The predicted octanol–water partition coefficient (Wildman–Crippen LogP) is -0.448. The van der Waals surface area contributed by atoms with E-state index < -0.39 is 20.0 Å². The number of rotatable bonds is 7. The Morgan fingerprint density at radius 3 is 2.40 bits per heavy atom. The van der Waals surface area contributed by atoms with Crippen LogP contribution in [0.25, 0.3) is 0 Å². The molecular weight excluding hydrogens is 342 g/mol. The smallest absolute Gasteiger partial charge is 0.250 e. The van der Waals surface area contributed by atoms with Crippen LogP contribution in [0, 0.1) is 0 Å². The summed E-state index contributed by atoms with van der Waals surface area (Å²) < 4.78 is 50.2. The van der Waals surface area contributed by atoms with E-state index >= 15 is 0 Å². The minimum atomic E-state index is -3.75. The van der Waals surface area contributed by atoms with Crippen LogP contribution in [0.15, 0.2) is 16.3 Å². The maximum atomic E-state index is 11.9. The summed E-state index contributed by atoms with van der Waals surface area (Å²) in [5.74, 6) is -0.313. The summed E-state index contributed by atoms with van der Waals surface area (Å²) in [6, 6.07) is 2.89. The summed E-state index contributed by atoms with van der Waals surface area (Å²) in [6.07, 6.45) is 0. The van der Waals surface area contributed by atoms with E-state index in [1.807, 2.05) is 0 Å². The molecular formula is C9H15N3O4S4. The Morgan fingerprint density at radius 2 is 1.95 bits per heavy atom. The average Bonchev–Trinajstić information content (AvgIpc) is 2.77. The van der Waals surface area contributed by atoms with E-state index in [0.29, 0.717) is 4.88 Å². The molecule has 7 nitrogen and oxygen atoms in total. The lowest BCUT2D eigenvalue weighted by Crippen LogP contribution is -2.33. The number of hydrogen-bond acceptors (Lipinski definition) is 6. The van der Waals surface area contributed by atoms with E-state index in [1.54, 1.807) is 0 Å². The fraction of sp³-hybridized carbons (Fsp3) is 0.444. The Hall–Kier alpha value is -0.590. The molecule has 1 aromatic heterocycles. The lowest BCUT2D eigenvalue weighted by Gasteiger charge is -2.11. The van der Waals surface area contributed by atoms with Gasteiger partial charge in [-0.05, 0) is 12.1 Å². The number of nitrogens with two attached hydrogens (primary N) is 1. The first kappa shape index (κ1) is 17.5. The van der Waals surface area contributed by atoms with Gasteiger partial charge in [0.25, 0.3) is 0 Å². The van der Waals surface area contributed by atoms with Gasteiger partial charge in [-0.2, -0.15) is 0 Å². The van der Waals surface area contributed by atoms with Crippen LogP contribution in [0.1, 0.15) is 4.88 Å². The van der Waals surface area contributed by atoms with Gasteiger partial charge in [-0.15, -0.1) is 11.3 Å². The molecule has 0 unspecified atom stereocenters. The van der Waals surface area contributed by atoms with E-state index in [2.05, 4.69) is 4.72 Å². The van der Waals surface area contributed by atoms with E-state index in [1.165, 1.54) is 26.2 Å². The first-order chi connectivity index (χ1) is 9.06. The zero-order valence-electron chi connectivity index (χ0n) is 10.9. The molecule has 1 heterocycles. The summed E-state index contributed by atoms with van der Waals surface area (Å²) in [4.78, 5) is 0.605. The molecule has 114 valence electrons. The van der Waals surface area contributed by atoms with Crippen molar-refractivity contribution in [2.24, 2.45) is 5.73 Å². The molecule has 20 heavy (non-hydrogen) atoms. The van der Waals surface area contributed by atoms with Gasteiger partial charge in [0.1, 0.15) is 9.20 Å². The lowest BCUT2D eigenvalue weighted by molar-refractivity contribution is 0.519. The molecule has 0 saturated carbocycles. The fourth-order valence-electron chi connectivity index (χ4n) is 1.16. The molecule has 0 atom stereocenters. The van der Waals surface area contributed by atoms with E-state index in [-0.39, 0.29) is 21.5 Å². The number of hydrogen-bond donors (Lipinski definition) is 2. The molecule has 0 aromatic carbocycles. The van der Waals surface area contributed by atoms with Gasteiger partial charge >= 0.3 is 0 Å². The summed E-state index contributed by atoms with van der Waals surface area (Å²) in [7, 11) is -4.42. The van der Waals surface area contributed by atoms with Gasteiger partial charge in [-0.25, -0.2) is 25.9 Å². The fourth-order valence-corrected chi connectivity index (χ4v) is 4.44. The Morgan fingerprint density at radius 1 is 1.35 bits per heavy atom. The van der Waals surface area contributed by atoms with Crippen LogP contribution in [0.3, 0.4) is 0 Å². The summed E-state index contributed by atoms with van der Waals surface area (Å²) in [5, 5.41) is 0. The molecule has 11 heteroatoms. The highest BCUT2D eigenvalue weighted by atomic mass is 32.2. The topological polar surface area (TPSA) is 110 Å². The van der Waals surface area contributed by atoms with E-state index in [4.69, 9.17) is 18.0 Å². The van der Waals surface area contributed by atoms with Gasteiger partial charge in [0.05, 0.1) is 10.6 Å². The van der Waals surface area contributed by atoms with Gasteiger partial charge in [-0.3, -0.25) is 0 Å². The van der Waals surface area contributed by atoms with E-state index in [9.17, 15) is 16.8 Å². The van der Waals surface area contributed by atoms with Crippen molar-refractivity contribution < 1.29 is 16.8 Å². The predicted molar refractivity (Wildman–Crippen MR) is 82.9 cm³/mol. The number of thiocarbonyl (C=S) groups is 1. The van der Waals surface area contributed by atoms with Gasteiger partial charge in [0.15, 0.2) is 0 Å². The molecule has 0 radical (unpaired) electrons. The molecule has 0 aliphatic rings. The molecule has 0 amide bonds. The molecule has 0 aliphatic heterocycles. The molecule has 0 spiro atoms. The Balaban J connectivity index is 2.73. The van der Waals surface area contributed by atoms with Gasteiger partial charge in [-0.1, -0.05) is 12.2 Å². The Labute approximate surface area is 127 Å². The van der Waals surface area contributed by atoms with Crippen molar-refractivity contribution in [2.75, 3.05) is 26.4 Å². The number of sulfonamides is 2. The van der Waals surface area contributed by atoms with Crippen LogP contribution < -0.4 is 10.5 Å². The minimum absolute atomic E-state index is 0.0440. The number of nitrogens with one attached hydrogen (secondary N) is 1. The Kier molecular flexibility index (Phi) is 5.63. The standard InChI is InChI=1S/C9H15N3O4S4/c1-12(2)19(13,14)6-5-11-20(15,16)8-4-3-7(18-8)9(10)17/h3-4,11H,5-6H2,1-2H3,(H2,10,17). The molecule has 0 bridgehead atoms. The second-order valence-corrected chi connectivity index (χ2v) is 9.80. The highest BCUT2D eigenvalue weighted by molar-refractivity contribution is 7.92. The van der Waals surface area contributed by atoms with Crippen molar-refractivity contribution in [1.82, 2.24) is 9.03 Å². The Bertz CT molecular complexity index is 691. The van der Waals surface area contributed by atoms with Gasteiger partial charge in [0.2, 0.25) is 20.0 Å². The number of nitrogens with zero attached hydrogens (tertiary/aromatic N) is 1. The van der Waals surface area contributed by atoms with Gasteiger partial charge < -0.3 is 5.73 Å². The van der Waals surface area contributed by atoms with Crippen LogP contribution in [-0.2, 0) is 20.0 Å². The van der Waals surface area contributed by atoms with Crippen molar-refractivity contribution in [3.05, 3.63) is 17.0 Å². The first-order valence-corrected chi connectivity index (χ1v) is 9.67. The van der Waals surface area contributed by atoms with Crippen LogP contribution >= 0.6 is 23.6 Å². The van der Waals surface area contributed by atoms with Crippen molar-refractivity contribution >= 4 is 48.6 Å². The minimum Gasteiger partial charge on any atom is -0.389 e. The van der Waals surface area contributed by atoms with Crippen LogP contribution in [0.2, 0.25) is 0 Å². The van der Waals surface area contributed by atoms with Crippen molar-refractivity contribution in [3.63, 3.8) is 0 Å². The summed E-state index contributed by atoms with van der Waals surface area (Å²) >= 11 is 5.69. The van der Waals surface area contributed by atoms with Crippen molar-refractivity contribution in [1.29, 1.82) is 0 Å². The average molecular weight is 358 g/mol. The SMILES string of the molecule is CN(C)S(=O)(=O)CCNS(=O)(=O)c1ccc(C(N)=S)s1. The molecule has 1 aromatic rings. The maximum Gasteiger partial charge on any atom is 0.250 e. The first-order valence-electron chi connectivity index (χ1n) is 5.36. The third kappa shape index (κ3) is 4.46. The normalized spacial score (nSPS) is 12.8. The highest BCUT2D eigenvalue weighted by Gasteiger charge is 2.19. The zero-order valence-corrected chi connectivity index (χ0v) is 14.1. The third-order valence-corrected chi connectivity index (χ3v) is 7.55. The monoisotopic (exact) mass is 357 g/mol. The maximum absolute atomic E-state index is 11.9. The molecule has 3 N–H and O–H groups in total. The molecule has 0 fully saturated rings. The molecule has 1 rings (SSSR count). The molecule has 0 aliphatic carbocycles. The highest BCUT2D eigenvalue weighted by Crippen LogP contribution is 2.21. The van der Waals surface area contributed by atoms with Crippen LogP contribution in [-0.4, -0.2) is 52.5 Å². The summed E-state index contributed by atoms with van der Waals surface area (Å²) in [5.41, 5.74) is 5.40. The quantitative estimate of drug-likeness (QED) is 0.640. The van der Waals surface area contributed by atoms with Crippen LogP contribution in [0.5, 0.6) is 0 Å². The van der Waals surface area contributed by atoms with E-state index in [0.717, 1.165) is 15.6 Å². The van der Waals surface area contributed by atoms with Gasteiger partial charge in [0, 0.05) is 20.6 Å². The molecule has 0 saturated heterocycles. The second-order valence-electron chi connectivity index (χ2n) is 3.98. The van der Waals surface area contributed by atoms with Crippen molar-refractivity contribution in [2.45, 2.75) is 4.21 Å². The van der Waals surface area contributed by atoms with Crippen LogP contribution in [0.4, 0.5) is 0 Å². The third-order valence-electron chi connectivity index (χ3n) is 2.30. The largest absolute Gasteiger partial charge is 0.389 e.